The van der Waals surface area contributed by atoms with Crippen LogP contribution in [0.1, 0.15) is 36.6 Å². The minimum Gasteiger partial charge on any atom is -0.493 e. The Morgan fingerprint density at radius 2 is 1.71 bits per heavy atom. The first-order valence-corrected chi connectivity index (χ1v) is 13.6. The Hall–Kier alpha value is -4.57. The molecule has 2 heterocycles. The number of esters is 1. The van der Waals surface area contributed by atoms with E-state index in [4.69, 9.17) is 14.2 Å². The Morgan fingerprint density at radius 1 is 1.02 bits per heavy atom. The molecule has 41 heavy (non-hydrogen) atoms. The molecule has 1 atom stereocenters. The number of rotatable bonds is 8. The fraction of sp³-hybridized carbons (Fsp3) is 0.194. The van der Waals surface area contributed by atoms with E-state index in [2.05, 4.69) is 4.99 Å². The molecule has 0 saturated carbocycles. The van der Waals surface area contributed by atoms with Crippen LogP contribution in [0.4, 0.5) is 8.78 Å². The van der Waals surface area contributed by atoms with Crippen molar-refractivity contribution in [2.24, 2.45) is 4.99 Å². The fourth-order valence-corrected chi connectivity index (χ4v) is 5.58. The maximum Gasteiger partial charge on any atom is 0.338 e. The lowest BCUT2D eigenvalue weighted by atomic mass is 9.96. The van der Waals surface area contributed by atoms with E-state index >= 15 is 0 Å². The first-order chi connectivity index (χ1) is 19.8. The van der Waals surface area contributed by atoms with E-state index < -0.39 is 17.8 Å². The SMILES string of the molecule is CCOC(=O)C1=C(C)N=c2s/c(=C\c3ccc(OCc4ccc(F)cc4)c(OC)c3)c(=O)n2[C@@H]1c1ccc(F)cc1. The van der Waals surface area contributed by atoms with E-state index in [0.717, 1.165) is 5.56 Å². The maximum atomic E-state index is 13.8. The van der Waals surface area contributed by atoms with Crippen molar-refractivity contribution in [3.63, 3.8) is 0 Å². The quantitative estimate of drug-likeness (QED) is 0.285. The van der Waals surface area contributed by atoms with E-state index in [1.54, 1.807) is 62.4 Å². The van der Waals surface area contributed by atoms with Gasteiger partial charge in [-0.15, -0.1) is 0 Å². The summed E-state index contributed by atoms with van der Waals surface area (Å²) in [6.45, 7) is 3.76. The first kappa shape index (κ1) is 28.0. The molecule has 0 unspecified atom stereocenters. The third-order valence-electron chi connectivity index (χ3n) is 6.50. The van der Waals surface area contributed by atoms with Crippen LogP contribution in [0, 0.1) is 11.6 Å². The van der Waals surface area contributed by atoms with E-state index in [-0.39, 0.29) is 30.2 Å². The van der Waals surface area contributed by atoms with Gasteiger partial charge in [-0.25, -0.2) is 18.6 Å². The third kappa shape index (κ3) is 5.83. The summed E-state index contributed by atoms with van der Waals surface area (Å²) in [6, 6.07) is 16.1. The highest BCUT2D eigenvalue weighted by molar-refractivity contribution is 7.07. The molecule has 10 heteroatoms. The molecule has 1 aliphatic rings. The second kappa shape index (κ2) is 11.9. The predicted octanol–water partition coefficient (Wildman–Crippen LogP) is 4.66. The minimum atomic E-state index is -0.829. The average Bonchev–Trinajstić information content (AvgIpc) is 3.26. The second-order valence-corrected chi connectivity index (χ2v) is 10.2. The highest BCUT2D eigenvalue weighted by Gasteiger charge is 2.33. The molecule has 3 aromatic carbocycles. The smallest absolute Gasteiger partial charge is 0.338 e. The van der Waals surface area contributed by atoms with Crippen LogP contribution in [0.15, 0.2) is 87.8 Å². The number of nitrogens with zero attached hydrogens (tertiary/aromatic N) is 2. The van der Waals surface area contributed by atoms with Gasteiger partial charge in [-0.2, -0.15) is 0 Å². The van der Waals surface area contributed by atoms with Crippen molar-refractivity contribution in [2.45, 2.75) is 26.5 Å². The lowest BCUT2D eigenvalue weighted by Crippen LogP contribution is -2.39. The van der Waals surface area contributed by atoms with Crippen LogP contribution < -0.4 is 24.4 Å². The molecule has 0 bridgehead atoms. The number of thiazole rings is 1. The van der Waals surface area contributed by atoms with Crippen molar-refractivity contribution in [2.75, 3.05) is 13.7 Å². The molecule has 1 aromatic heterocycles. The summed E-state index contributed by atoms with van der Waals surface area (Å²) < 4.78 is 45.4. The van der Waals surface area contributed by atoms with Gasteiger partial charge in [0, 0.05) is 0 Å². The van der Waals surface area contributed by atoms with Gasteiger partial charge in [0.1, 0.15) is 18.2 Å². The zero-order valence-corrected chi connectivity index (χ0v) is 23.3. The number of hydrogen-bond donors (Lipinski definition) is 0. The highest BCUT2D eigenvalue weighted by atomic mass is 32.1. The zero-order valence-electron chi connectivity index (χ0n) is 22.5. The largest absolute Gasteiger partial charge is 0.493 e. The van der Waals surface area contributed by atoms with Crippen molar-refractivity contribution < 1.29 is 27.8 Å². The van der Waals surface area contributed by atoms with Crippen molar-refractivity contribution >= 4 is 23.4 Å². The van der Waals surface area contributed by atoms with Gasteiger partial charge in [0.25, 0.3) is 5.56 Å². The van der Waals surface area contributed by atoms with Gasteiger partial charge in [-0.3, -0.25) is 9.36 Å². The Morgan fingerprint density at radius 3 is 2.37 bits per heavy atom. The number of ether oxygens (including phenoxy) is 3. The van der Waals surface area contributed by atoms with Gasteiger partial charge in [-0.05, 0) is 73.0 Å². The molecule has 5 rings (SSSR count). The van der Waals surface area contributed by atoms with Crippen molar-refractivity contribution in [1.29, 1.82) is 0 Å². The number of hydrogen-bond acceptors (Lipinski definition) is 7. The number of allylic oxidation sites excluding steroid dienone is 1. The number of carbonyl (C=O) groups excluding carboxylic acids is 1. The predicted molar refractivity (Wildman–Crippen MR) is 151 cm³/mol. The molecular weight excluding hydrogens is 550 g/mol. The van der Waals surface area contributed by atoms with Crippen molar-refractivity contribution in [3.8, 4) is 11.5 Å². The van der Waals surface area contributed by atoms with Crippen LogP contribution >= 0.6 is 11.3 Å². The lowest BCUT2D eigenvalue weighted by molar-refractivity contribution is -0.139. The lowest BCUT2D eigenvalue weighted by Gasteiger charge is -2.24. The molecule has 0 N–H and O–H groups in total. The van der Waals surface area contributed by atoms with Crippen molar-refractivity contribution in [1.82, 2.24) is 4.57 Å². The Kier molecular flexibility index (Phi) is 8.11. The van der Waals surface area contributed by atoms with Gasteiger partial charge < -0.3 is 14.2 Å². The van der Waals surface area contributed by atoms with Crippen LogP contribution in [-0.4, -0.2) is 24.3 Å². The summed E-state index contributed by atoms with van der Waals surface area (Å²) in [5.41, 5.74) is 2.33. The van der Waals surface area contributed by atoms with Crippen LogP contribution in [-0.2, 0) is 16.1 Å². The summed E-state index contributed by atoms with van der Waals surface area (Å²) in [7, 11) is 1.51. The molecule has 4 aromatic rings. The number of fused-ring (bicyclic) bond motifs is 1. The van der Waals surface area contributed by atoms with Gasteiger partial charge >= 0.3 is 5.97 Å². The molecule has 210 valence electrons. The molecule has 0 fully saturated rings. The summed E-state index contributed by atoms with van der Waals surface area (Å²) in [5.74, 6) is -0.395. The number of aromatic nitrogens is 1. The topological polar surface area (TPSA) is 79.1 Å². The number of benzene rings is 3. The number of carbonyl (C=O) groups is 1. The molecule has 0 spiro atoms. The van der Waals surface area contributed by atoms with E-state index in [1.807, 2.05) is 0 Å². The van der Waals surface area contributed by atoms with E-state index in [9.17, 15) is 18.4 Å². The van der Waals surface area contributed by atoms with E-state index in [0.29, 0.717) is 37.7 Å². The molecular formula is C31H26F2N2O5S. The molecule has 7 nitrogen and oxygen atoms in total. The second-order valence-electron chi connectivity index (χ2n) is 9.18. The van der Waals surface area contributed by atoms with Gasteiger partial charge in [0.05, 0.1) is 35.6 Å². The Labute approximate surface area is 238 Å². The zero-order chi connectivity index (χ0) is 29.1. The van der Waals surface area contributed by atoms with E-state index in [1.165, 1.54) is 47.3 Å². The van der Waals surface area contributed by atoms with Crippen LogP contribution in [0.2, 0.25) is 0 Å². The Bertz CT molecular complexity index is 1810. The Balaban J connectivity index is 1.53. The van der Waals surface area contributed by atoms with Gasteiger partial charge in [0.15, 0.2) is 16.3 Å². The standard InChI is InChI=1S/C31H26F2N2O5S/c1-4-39-30(37)27-18(2)34-31-35(28(27)21-8-12-23(33)13-9-21)29(36)26(41-31)16-20-7-14-24(25(15-20)38-3)40-17-19-5-10-22(32)11-6-19/h5-16,28H,4,17H2,1-3H3/b26-16-/t28-/m1/s1. The van der Waals surface area contributed by atoms with Crippen LogP contribution in [0.25, 0.3) is 6.08 Å². The fourth-order valence-electron chi connectivity index (χ4n) is 4.54. The molecule has 0 radical (unpaired) electrons. The van der Waals surface area contributed by atoms with Crippen LogP contribution in [0.5, 0.6) is 11.5 Å². The van der Waals surface area contributed by atoms with Gasteiger partial charge in [-0.1, -0.05) is 41.7 Å². The third-order valence-corrected chi connectivity index (χ3v) is 7.48. The minimum absolute atomic E-state index is 0.154. The molecule has 0 amide bonds. The molecule has 0 aliphatic carbocycles. The number of halogens is 2. The summed E-state index contributed by atoms with van der Waals surface area (Å²) in [5, 5.41) is 0. The van der Waals surface area contributed by atoms with Crippen LogP contribution in [0.3, 0.4) is 0 Å². The molecule has 0 saturated heterocycles. The highest BCUT2D eigenvalue weighted by Crippen LogP contribution is 2.31. The average molecular weight is 577 g/mol. The summed E-state index contributed by atoms with van der Waals surface area (Å²) >= 11 is 1.18. The summed E-state index contributed by atoms with van der Waals surface area (Å²) in [6.07, 6.45) is 1.71. The maximum absolute atomic E-state index is 13.8. The van der Waals surface area contributed by atoms with Gasteiger partial charge in [0.2, 0.25) is 0 Å². The summed E-state index contributed by atoms with van der Waals surface area (Å²) in [4.78, 5) is 31.7. The van der Waals surface area contributed by atoms with Crippen molar-refractivity contribution in [3.05, 3.63) is 126 Å². The monoisotopic (exact) mass is 576 g/mol. The number of methoxy groups -OCH3 is 1. The normalized spacial score (nSPS) is 14.9. The molecule has 1 aliphatic heterocycles. The first-order valence-electron chi connectivity index (χ1n) is 12.8.